The number of benzene rings is 1. The molecule has 0 saturated carbocycles. The van der Waals surface area contributed by atoms with Crippen molar-refractivity contribution in [1.82, 2.24) is 0 Å². The Morgan fingerprint density at radius 2 is 2.18 bits per heavy atom. The molecule has 0 aliphatic heterocycles. The lowest BCUT2D eigenvalue weighted by atomic mass is 10.2. The molecule has 94 valence electrons. The first-order valence-corrected chi connectivity index (χ1v) is 5.97. The quantitative estimate of drug-likeness (QED) is 0.792. The van der Waals surface area contributed by atoms with E-state index in [0.29, 0.717) is 13.0 Å². The largest absolute Gasteiger partial charge is 0.395 e. The molecule has 0 bridgehead atoms. The van der Waals surface area contributed by atoms with Crippen LogP contribution in [-0.4, -0.2) is 30.7 Å². The van der Waals surface area contributed by atoms with Gasteiger partial charge in [0.25, 0.3) is 0 Å². The predicted octanol–water partition coefficient (Wildman–Crippen LogP) is 1.85. The Hall–Kier alpha value is -1.55. The van der Waals surface area contributed by atoms with Crippen LogP contribution >= 0.6 is 0 Å². The van der Waals surface area contributed by atoms with Crippen molar-refractivity contribution >= 4 is 17.3 Å². The Balaban J connectivity index is 2.80. The molecule has 0 aliphatic carbocycles. The van der Waals surface area contributed by atoms with Gasteiger partial charge in [-0.05, 0) is 25.1 Å². The van der Waals surface area contributed by atoms with E-state index < -0.39 is 0 Å². The molecule has 1 aromatic carbocycles. The minimum atomic E-state index is 0.00681. The third-order valence-electron chi connectivity index (χ3n) is 2.57. The molecule has 0 heterocycles. The summed E-state index contributed by atoms with van der Waals surface area (Å²) in [6.45, 7) is 5.41. The number of nitrogens with one attached hydrogen (secondary N) is 1. The second-order valence-corrected chi connectivity index (χ2v) is 3.76. The zero-order valence-electron chi connectivity index (χ0n) is 10.4. The van der Waals surface area contributed by atoms with Crippen LogP contribution in [0.25, 0.3) is 0 Å². The number of carbonyl (C=O) groups is 1. The summed E-state index contributed by atoms with van der Waals surface area (Å²) in [6, 6.07) is 7.66. The number of hydrogen-bond donors (Lipinski definition) is 2. The van der Waals surface area contributed by atoms with Gasteiger partial charge in [0.05, 0.1) is 6.61 Å². The van der Waals surface area contributed by atoms with Gasteiger partial charge in [0.1, 0.15) is 0 Å². The molecule has 2 N–H and O–H groups in total. The van der Waals surface area contributed by atoms with Crippen LogP contribution in [-0.2, 0) is 4.79 Å². The second-order valence-electron chi connectivity index (χ2n) is 3.76. The number of amides is 1. The van der Waals surface area contributed by atoms with Crippen LogP contribution in [0.2, 0.25) is 0 Å². The molecule has 4 heteroatoms. The fourth-order valence-corrected chi connectivity index (χ4v) is 1.62. The highest BCUT2D eigenvalue weighted by Gasteiger charge is 2.05. The molecule has 0 saturated heterocycles. The molecule has 0 aliphatic rings. The van der Waals surface area contributed by atoms with Crippen LogP contribution in [0, 0.1) is 0 Å². The van der Waals surface area contributed by atoms with E-state index >= 15 is 0 Å². The molecule has 0 atom stereocenters. The lowest BCUT2D eigenvalue weighted by Crippen LogP contribution is -2.26. The topological polar surface area (TPSA) is 52.6 Å². The Labute approximate surface area is 102 Å². The Kier molecular flexibility index (Phi) is 5.49. The normalized spacial score (nSPS) is 10.1. The molecule has 17 heavy (non-hydrogen) atoms. The van der Waals surface area contributed by atoms with Gasteiger partial charge in [0, 0.05) is 30.9 Å². The molecule has 0 unspecified atom stereocenters. The van der Waals surface area contributed by atoms with Gasteiger partial charge in [0.15, 0.2) is 0 Å². The van der Waals surface area contributed by atoms with E-state index in [1.165, 1.54) is 0 Å². The van der Waals surface area contributed by atoms with Gasteiger partial charge in [-0.15, -0.1) is 0 Å². The Morgan fingerprint density at radius 3 is 2.76 bits per heavy atom. The molecule has 4 nitrogen and oxygen atoms in total. The number of anilines is 2. The third-order valence-corrected chi connectivity index (χ3v) is 2.57. The molecule has 1 amide bonds. The first-order valence-electron chi connectivity index (χ1n) is 5.97. The van der Waals surface area contributed by atoms with Crippen molar-refractivity contribution in [3.63, 3.8) is 0 Å². The monoisotopic (exact) mass is 236 g/mol. The van der Waals surface area contributed by atoms with Gasteiger partial charge in [-0.1, -0.05) is 13.0 Å². The minimum Gasteiger partial charge on any atom is -0.395 e. The van der Waals surface area contributed by atoms with Crippen LogP contribution in [0.3, 0.4) is 0 Å². The van der Waals surface area contributed by atoms with E-state index in [-0.39, 0.29) is 12.5 Å². The number of nitrogens with zero attached hydrogens (tertiary/aromatic N) is 1. The fourth-order valence-electron chi connectivity index (χ4n) is 1.62. The summed E-state index contributed by atoms with van der Waals surface area (Å²) in [5.74, 6) is 0.00681. The smallest absolute Gasteiger partial charge is 0.224 e. The number of hydrogen-bond acceptors (Lipinski definition) is 3. The highest BCUT2D eigenvalue weighted by molar-refractivity contribution is 5.90. The number of aliphatic hydroxyl groups is 1. The third kappa shape index (κ3) is 4.07. The van der Waals surface area contributed by atoms with E-state index in [1.54, 1.807) is 0 Å². The van der Waals surface area contributed by atoms with Crippen LogP contribution in [0.15, 0.2) is 24.3 Å². The van der Waals surface area contributed by atoms with E-state index in [2.05, 4.69) is 10.2 Å². The lowest BCUT2D eigenvalue weighted by molar-refractivity contribution is -0.115. The number of rotatable bonds is 6. The van der Waals surface area contributed by atoms with Crippen molar-refractivity contribution in [3.8, 4) is 0 Å². The maximum absolute atomic E-state index is 11.3. The van der Waals surface area contributed by atoms with Gasteiger partial charge in [0.2, 0.25) is 5.91 Å². The highest BCUT2D eigenvalue weighted by Crippen LogP contribution is 2.19. The first-order chi connectivity index (χ1) is 8.21. The van der Waals surface area contributed by atoms with Crippen molar-refractivity contribution in [1.29, 1.82) is 0 Å². The van der Waals surface area contributed by atoms with Gasteiger partial charge >= 0.3 is 0 Å². The van der Waals surface area contributed by atoms with Crippen LogP contribution in [0.1, 0.15) is 20.3 Å². The van der Waals surface area contributed by atoms with Crippen molar-refractivity contribution in [2.75, 3.05) is 29.9 Å². The fraction of sp³-hybridized carbons (Fsp3) is 0.462. The minimum absolute atomic E-state index is 0.00681. The summed E-state index contributed by atoms with van der Waals surface area (Å²) in [7, 11) is 0. The van der Waals surface area contributed by atoms with Gasteiger partial charge in [-0.2, -0.15) is 0 Å². The maximum Gasteiger partial charge on any atom is 0.224 e. The van der Waals surface area contributed by atoms with E-state index in [4.69, 9.17) is 5.11 Å². The van der Waals surface area contributed by atoms with E-state index in [9.17, 15) is 4.79 Å². The summed E-state index contributed by atoms with van der Waals surface area (Å²) in [5, 5.41) is 11.8. The zero-order chi connectivity index (χ0) is 12.7. The average Bonchev–Trinajstić information content (AvgIpc) is 2.36. The highest BCUT2D eigenvalue weighted by atomic mass is 16.3. The standard InChI is InChI=1S/C13H20N2O2/c1-3-13(17)14-11-6-5-7-12(10-11)15(4-2)8-9-16/h5-7,10,16H,3-4,8-9H2,1-2H3,(H,14,17). The molecule has 1 rings (SSSR count). The molecular formula is C13H20N2O2. The summed E-state index contributed by atoms with van der Waals surface area (Å²) < 4.78 is 0. The maximum atomic E-state index is 11.3. The van der Waals surface area contributed by atoms with Crippen LogP contribution < -0.4 is 10.2 Å². The molecule has 0 fully saturated rings. The van der Waals surface area contributed by atoms with Crippen molar-refractivity contribution in [2.45, 2.75) is 20.3 Å². The summed E-state index contributed by atoms with van der Waals surface area (Å²) in [4.78, 5) is 13.4. The van der Waals surface area contributed by atoms with Gasteiger partial charge in [-0.25, -0.2) is 0 Å². The SMILES string of the molecule is CCC(=O)Nc1cccc(N(CC)CCO)c1. The average molecular weight is 236 g/mol. The van der Waals surface area contributed by atoms with E-state index in [0.717, 1.165) is 17.9 Å². The lowest BCUT2D eigenvalue weighted by Gasteiger charge is -2.22. The summed E-state index contributed by atoms with van der Waals surface area (Å²) in [6.07, 6.45) is 0.471. The Morgan fingerprint density at radius 1 is 1.41 bits per heavy atom. The van der Waals surface area contributed by atoms with Crippen molar-refractivity contribution < 1.29 is 9.90 Å². The summed E-state index contributed by atoms with van der Waals surface area (Å²) >= 11 is 0. The van der Waals surface area contributed by atoms with Crippen LogP contribution in [0.4, 0.5) is 11.4 Å². The van der Waals surface area contributed by atoms with Gasteiger partial charge in [-0.3, -0.25) is 4.79 Å². The Bertz CT molecular complexity index is 366. The number of aliphatic hydroxyl groups excluding tert-OH is 1. The molecule has 0 radical (unpaired) electrons. The van der Waals surface area contributed by atoms with Crippen molar-refractivity contribution in [3.05, 3.63) is 24.3 Å². The number of carbonyl (C=O) groups excluding carboxylic acids is 1. The predicted molar refractivity (Wildman–Crippen MR) is 70.3 cm³/mol. The molecule has 1 aromatic rings. The molecular weight excluding hydrogens is 216 g/mol. The summed E-state index contributed by atoms with van der Waals surface area (Å²) in [5.41, 5.74) is 1.81. The van der Waals surface area contributed by atoms with E-state index in [1.807, 2.05) is 38.1 Å². The molecule has 0 spiro atoms. The first kappa shape index (κ1) is 13.5. The second kappa shape index (κ2) is 6.91. The van der Waals surface area contributed by atoms with Crippen LogP contribution in [0.5, 0.6) is 0 Å². The number of likely N-dealkylation sites (N-methyl/N-ethyl adjacent to an activating group) is 1. The molecule has 0 aromatic heterocycles. The zero-order valence-corrected chi connectivity index (χ0v) is 10.4. The van der Waals surface area contributed by atoms with Gasteiger partial charge < -0.3 is 15.3 Å². The van der Waals surface area contributed by atoms with Crippen molar-refractivity contribution in [2.24, 2.45) is 0 Å².